The van der Waals surface area contributed by atoms with Gasteiger partial charge in [0.15, 0.2) is 0 Å². The molecule has 1 saturated heterocycles. The van der Waals surface area contributed by atoms with Crippen molar-refractivity contribution in [1.29, 1.82) is 0 Å². The molecule has 1 rings (SSSR count). The topological polar surface area (TPSA) is 46.3 Å². The van der Waals surface area contributed by atoms with Gasteiger partial charge in [0.2, 0.25) is 0 Å². The molecule has 0 aromatic rings. The second-order valence-electron chi connectivity index (χ2n) is 4.00. The smallest absolute Gasteiger partial charge is 0.0249 e. The predicted octanol–water partition coefficient (Wildman–Crippen LogP) is 0.598. The van der Waals surface area contributed by atoms with Crippen molar-refractivity contribution in [3.63, 3.8) is 0 Å². The second kappa shape index (κ2) is 6.77. The first kappa shape index (κ1) is 14.4. The highest BCUT2D eigenvalue weighted by Crippen LogP contribution is 2.14. The number of hydrogen-bond donors (Lipinski definition) is 1. The van der Waals surface area contributed by atoms with Gasteiger partial charge in [0.25, 0.3) is 0 Å². The minimum Gasteiger partial charge on any atom is -0.327 e. The zero-order valence-corrected chi connectivity index (χ0v) is 10.6. The van der Waals surface area contributed by atoms with Crippen molar-refractivity contribution in [3.8, 4) is 0 Å². The Morgan fingerprint density at radius 3 is 2.43 bits per heavy atom. The zero-order valence-electron chi connectivity index (χ0n) is 8.94. The van der Waals surface area contributed by atoms with E-state index in [9.17, 15) is 4.21 Å². The Labute approximate surface area is 95.3 Å². The fourth-order valence-electron chi connectivity index (χ4n) is 1.83. The minimum absolute atomic E-state index is 0. The van der Waals surface area contributed by atoms with E-state index in [1.165, 1.54) is 0 Å². The largest absolute Gasteiger partial charge is 0.327 e. The number of hydrogen-bond acceptors (Lipinski definition) is 3. The van der Waals surface area contributed by atoms with Crippen LogP contribution in [-0.4, -0.2) is 46.3 Å². The quantitative estimate of drug-likeness (QED) is 0.786. The van der Waals surface area contributed by atoms with Crippen LogP contribution in [0, 0.1) is 0 Å². The molecule has 2 N–H and O–H groups in total. The maximum absolute atomic E-state index is 11.1. The molecule has 0 amide bonds. The average molecular weight is 241 g/mol. The fraction of sp³-hybridized carbons (Fsp3) is 1.00. The maximum atomic E-state index is 11.1. The van der Waals surface area contributed by atoms with Crippen LogP contribution in [0.2, 0.25) is 0 Å². The van der Waals surface area contributed by atoms with Crippen molar-refractivity contribution in [1.82, 2.24) is 4.90 Å². The summed E-state index contributed by atoms with van der Waals surface area (Å²) in [4.78, 5) is 2.31. The third-order valence-corrected chi connectivity index (χ3v) is 3.94. The average Bonchev–Trinajstić information content (AvgIpc) is 2.04. The standard InChI is InChI=1S/C9H20N2OS.ClH/c1-8(10)7-11(2)9-3-5-13(12)6-4-9;/h8-9H,3-7,10H2,1-2H3;1H. The van der Waals surface area contributed by atoms with Gasteiger partial charge in [-0.25, -0.2) is 0 Å². The molecule has 0 saturated carbocycles. The van der Waals surface area contributed by atoms with Crippen LogP contribution in [0.5, 0.6) is 0 Å². The second-order valence-corrected chi connectivity index (χ2v) is 5.69. The first-order valence-corrected chi connectivity index (χ1v) is 6.39. The molecule has 1 aliphatic heterocycles. The molecule has 0 aliphatic carbocycles. The molecular formula is C9H21ClN2OS. The third kappa shape index (κ3) is 4.73. The molecule has 5 heteroatoms. The van der Waals surface area contributed by atoms with Gasteiger partial charge in [0.1, 0.15) is 0 Å². The lowest BCUT2D eigenvalue weighted by atomic mass is 10.1. The highest BCUT2D eigenvalue weighted by atomic mass is 35.5. The number of nitrogens with zero attached hydrogens (tertiary/aromatic N) is 1. The lowest BCUT2D eigenvalue weighted by Crippen LogP contribution is -2.42. The molecule has 0 spiro atoms. The molecule has 86 valence electrons. The summed E-state index contributed by atoms with van der Waals surface area (Å²) < 4.78 is 11.1. The summed E-state index contributed by atoms with van der Waals surface area (Å²) in [5.41, 5.74) is 5.73. The van der Waals surface area contributed by atoms with Crippen LogP contribution in [-0.2, 0) is 10.8 Å². The van der Waals surface area contributed by atoms with E-state index in [0.717, 1.165) is 30.9 Å². The van der Waals surface area contributed by atoms with Crippen molar-refractivity contribution in [2.75, 3.05) is 25.1 Å². The molecule has 0 radical (unpaired) electrons. The molecule has 0 aromatic carbocycles. The normalized spacial score (nSPS) is 29.7. The minimum atomic E-state index is -0.548. The van der Waals surface area contributed by atoms with Crippen LogP contribution in [0.4, 0.5) is 0 Å². The fourth-order valence-corrected chi connectivity index (χ4v) is 3.10. The summed E-state index contributed by atoms with van der Waals surface area (Å²) in [7, 11) is 1.57. The SMILES string of the molecule is CC(N)CN(C)C1CCS(=O)CC1.Cl. The first-order chi connectivity index (χ1) is 6.09. The van der Waals surface area contributed by atoms with E-state index in [2.05, 4.69) is 11.9 Å². The van der Waals surface area contributed by atoms with E-state index in [1.54, 1.807) is 0 Å². The van der Waals surface area contributed by atoms with Gasteiger partial charge in [-0.2, -0.15) is 0 Å². The molecule has 1 fully saturated rings. The van der Waals surface area contributed by atoms with Gasteiger partial charge in [0.05, 0.1) is 0 Å². The van der Waals surface area contributed by atoms with Crippen LogP contribution in [0.25, 0.3) is 0 Å². The van der Waals surface area contributed by atoms with Gasteiger partial charge in [-0.3, -0.25) is 4.21 Å². The first-order valence-electron chi connectivity index (χ1n) is 4.90. The van der Waals surface area contributed by atoms with Crippen LogP contribution < -0.4 is 5.73 Å². The number of likely N-dealkylation sites (N-methyl/N-ethyl adjacent to an activating group) is 1. The van der Waals surface area contributed by atoms with Crippen LogP contribution >= 0.6 is 12.4 Å². The Morgan fingerprint density at radius 2 is 2.00 bits per heavy atom. The Morgan fingerprint density at radius 1 is 1.50 bits per heavy atom. The molecule has 1 unspecified atom stereocenters. The van der Waals surface area contributed by atoms with Crippen molar-refractivity contribution >= 4 is 23.2 Å². The Hall–Kier alpha value is 0.360. The van der Waals surface area contributed by atoms with Crippen LogP contribution in [0.15, 0.2) is 0 Å². The van der Waals surface area contributed by atoms with Crippen LogP contribution in [0.1, 0.15) is 19.8 Å². The number of nitrogens with two attached hydrogens (primary N) is 1. The summed E-state index contributed by atoms with van der Waals surface area (Å²) in [5, 5.41) is 0. The summed E-state index contributed by atoms with van der Waals surface area (Å²) in [6.45, 7) is 2.97. The summed E-state index contributed by atoms with van der Waals surface area (Å²) in [6.07, 6.45) is 2.13. The molecular weight excluding hydrogens is 220 g/mol. The monoisotopic (exact) mass is 240 g/mol. The predicted molar refractivity (Wildman–Crippen MR) is 64.4 cm³/mol. The Kier molecular flexibility index (Phi) is 6.95. The molecule has 0 aromatic heterocycles. The van der Waals surface area contributed by atoms with Gasteiger partial charge < -0.3 is 10.6 Å². The number of halogens is 1. The van der Waals surface area contributed by atoms with Gasteiger partial charge >= 0.3 is 0 Å². The highest BCUT2D eigenvalue weighted by molar-refractivity contribution is 7.85. The summed E-state index contributed by atoms with van der Waals surface area (Å²) >= 11 is 0. The van der Waals surface area contributed by atoms with Gasteiger partial charge in [0, 0.05) is 40.9 Å². The van der Waals surface area contributed by atoms with Crippen molar-refractivity contribution in [3.05, 3.63) is 0 Å². The summed E-state index contributed by atoms with van der Waals surface area (Å²) in [6, 6.07) is 0.834. The molecule has 1 aliphatic rings. The molecule has 3 nitrogen and oxygen atoms in total. The summed E-state index contributed by atoms with van der Waals surface area (Å²) in [5.74, 6) is 1.74. The molecule has 0 bridgehead atoms. The highest BCUT2D eigenvalue weighted by Gasteiger charge is 2.21. The maximum Gasteiger partial charge on any atom is 0.0249 e. The van der Waals surface area contributed by atoms with Crippen LogP contribution in [0.3, 0.4) is 0 Å². The zero-order chi connectivity index (χ0) is 9.84. The lowest BCUT2D eigenvalue weighted by molar-refractivity contribution is 0.218. The lowest BCUT2D eigenvalue weighted by Gasteiger charge is -2.31. The van der Waals surface area contributed by atoms with Gasteiger partial charge in [-0.05, 0) is 26.8 Å². The Bertz CT molecular complexity index is 180. The van der Waals surface area contributed by atoms with E-state index in [1.807, 2.05) is 6.92 Å². The van der Waals surface area contributed by atoms with E-state index in [4.69, 9.17) is 5.73 Å². The van der Waals surface area contributed by atoms with E-state index in [0.29, 0.717) is 6.04 Å². The molecule has 14 heavy (non-hydrogen) atoms. The van der Waals surface area contributed by atoms with Crippen molar-refractivity contribution in [2.24, 2.45) is 5.73 Å². The third-order valence-electron chi connectivity index (χ3n) is 2.56. The van der Waals surface area contributed by atoms with E-state index < -0.39 is 10.8 Å². The van der Waals surface area contributed by atoms with E-state index in [-0.39, 0.29) is 18.4 Å². The van der Waals surface area contributed by atoms with E-state index >= 15 is 0 Å². The molecule has 1 heterocycles. The van der Waals surface area contributed by atoms with Crippen molar-refractivity contribution in [2.45, 2.75) is 31.8 Å². The number of rotatable bonds is 3. The van der Waals surface area contributed by atoms with Crippen molar-refractivity contribution < 1.29 is 4.21 Å². The molecule has 1 atom stereocenters. The van der Waals surface area contributed by atoms with Gasteiger partial charge in [-0.1, -0.05) is 0 Å². The van der Waals surface area contributed by atoms with Gasteiger partial charge in [-0.15, -0.1) is 12.4 Å². The Balaban J connectivity index is 0.00000169.